The van der Waals surface area contributed by atoms with Gasteiger partial charge in [-0.3, -0.25) is 19.2 Å². The summed E-state index contributed by atoms with van der Waals surface area (Å²) in [5.41, 5.74) is 7.54. The number of nitrogens with zero attached hydrogens (tertiary/aromatic N) is 2. The number of aromatic nitrogens is 3. The van der Waals surface area contributed by atoms with Crippen molar-refractivity contribution < 1.29 is 4.39 Å². The molecule has 0 aromatic carbocycles. The van der Waals surface area contributed by atoms with Crippen LogP contribution in [-0.2, 0) is 6.54 Å². The Morgan fingerprint density at radius 3 is 2.80 bits per heavy atom. The number of hydrogen-bond acceptors (Lipinski definition) is 4. The molecule has 4 rings (SSSR count). The molecular formula is C18H17FN4O2. The van der Waals surface area contributed by atoms with Crippen molar-refractivity contribution in [2.45, 2.75) is 32.2 Å². The highest BCUT2D eigenvalue weighted by atomic mass is 19.1. The summed E-state index contributed by atoms with van der Waals surface area (Å²) in [4.78, 5) is 31.2. The van der Waals surface area contributed by atoms with E-state index in [1.54, 1.807) is 25.1 Å². The summed E-state index contributed by atoms with van der Waals surface area (Å²) in [5.74, 6) is -0.456. The summed E-state index contributed by atoms with van der Waals surface area (Å²) >= 11 is 0. The van der Waals surface area contributed by atoms with Crippen LogP contribution in [0.3, 0.4) is 0 Å². The van der Waals surface area contributed by atoms with E-state index in [2.05, 4.69) is 9.97 Å². The van der Waals surface area contributed by atoms with Crippen LogP contribution in [0.5, 0.6) is 0 Å². The van der Waals surface area contributed by atoms with Crippen LogP contribution in [0.15, 0.2) is 34.0 Å². The molecule has 1 aliphatic carbocycles. The molecule has 0 radical (unpaired) electrons. The van der Waals surface area contributed by atoms with Crippen LogP contribution in [-0.4, -0.2) is 14.4 Å². The summed E-state index contributed by atoms with van der Waals surface area (Å²) in [6.07, 6.45) is 2.91. The zero-order chi connectivity index (χ0) is 17.7. The number of nitrogens with two attached hydrogens (primary N) is 1. The van der Waals surface area contributed by atoms with E-state index in [1.807, 2.05) is 0 Å². The third kappa shape index (κ3) is 2.47. The normalized spacial score (nSPS) is 14.2. The van der Waals surface area contributed by atoms with Gasteiger partial charge in [-0.05, 0) is 43.4 Å². The maximum atomic E-state index is 14.8. The first-order valence-electron chi connectivity index (χ1n) is 8.15. The minimum atomic E-state index is -0.637. The molecule has 0 unspecified atom stereocenters. The fourth-order valence-corrected chi connectivity index (χ4v) is 3.34. The molecule has 7 heteroatoms. The number of hydrogen-bond donors (Lipinski definition) is 2. The van der Waals surface area contributed by atoms with Gasteiger partial charge in [0.2, 0.25) is 0 Å². The predicted molar refractivity (Wildman–Crippen MR) is 92.1 cm³/mol. The Labute approximate surface area is 142 Å². The number of nitrogens with one attached hydrogen (secondary N) is 1. The topological polar surface area (TPSA) is 93.2 Å². The zero-order valence-electron chi connectivity index (χ0n) is 13.7. The van der Waals surface area contributed by atoms with Gasteiger partial charge in [0.25, 0.3) is 5.56 Å². The molecule has 0 aliphatic heterocycles. The van der Waals surface area contributed by atoms with Gasteiger partial charge in [-0.1, -0.05) is 6.07 Å². The van der Waals surface area contributed by atoms with Crippen LogP contribution in [0.25, 0.3) is 16.8 Å². The van der Waals surface area contributed by atoms with Crippen molar-refractivity contribution in [3.8, 4) is 11.3 Å². The lowest BCUT2D eigenvalue weighted by molar-refractivity contribution is 0.618. The smallest absolute Gasteiger partial charge is 0.325 e. The summed E-state index contributed by atoms with van der Waals surface area (Å²) in [7, 11) is 0. The van der Waals surface area contributed by atoms with E-state index in [0.717, 1.165) is 19.0 Å². The van der Waals surface area contributed by atoms with E-state index in [4.69, 9.17) is 5.73 Å². The molecule has 0 bridgehead atoms. The van der Waals surface area contributed by atoms with Crippen LogP contribution in [0.2, 0.25) is 0 Å². The first kappa shape index (κ1) is 15.7. The molecule has 25 heavy (non-hydrogen) atoms. The third-order valence-electron chi connectivity index (χ3n) is 4.65. The Morgan fingerprint density at radius 2 is 2.12 bits per heavy atom. The molecule has 0 spiro atoms. The van der Waals surface area contributed by atoms with Gasteiger partial charge in [-0.15, -0.1) is 0 Å². The van der Waals surface area contributed by atoms with Crippen molar-refractivity contribution in [2.24, 2.45) is 5.73 Å². The number of halogens is 1. The molecule has 128 valence electrons. The average molecular weight is 340 g/mol. The highest BCUT2D eigenvalue weighted by Gasteiger charge is 2.31. The second-order valence-electron chi connectivity index (χ2n) is 6.36. The Kier molecular flexibility index (Phi) is 3.54. The maximum Gasteiger partial charge on any atom is 0.333 e. The summed E-state index contributed by atoms with van der Waals surface area (Å²) in [6.45, 7) is 1.96. The van der Waals surface area contributed by atoms with Crippen molar-refractivity contribution in [1.29, 1.82) is 0 Å². The van der Waals surface area contributed by atoms with Crippen LogP contribution in [0.4, 0.5) is 4.39 Å². The Bertz CT molecular complexity index is 1110. The fraction of sp³-hybridized carbons (Fsp3) is 0.278. The van der Waals surface area contributed by atoms with E-state index in [9.17, 15) is 14.0 Å². The zero-order valence-corrected chi connectivity index (χ0v) is 13.7. The van der Waals surface area contributed by atoms with E-state index in [-0.39, 0.29) is 12.5 Å². The fourth-order valence-electron chi connectivity index (χ4n) is 3.34. The van der Waals surface area contributed by atoms with Crippen LogP contribution in [0, 0.1) is 12.7 Å². The van der Waals surface area contributed by atoms with Gasteiger partial charge in [0.05, 0.1) is 23.1 Å². The lowest BCUT2D eigenvalue weighted by Crippen LogP contribution is -2.30. The SMILES string of the molecule is Cc1c(-c2cccc(CN)n2)c(F)cn2c(=O)[nH]c(=O)c(C3CC3)c12. The molecule has 1 saturated carbocycles. The minimum absolute atomic E-state index is 0.111. The summed E-state index contributed by atoms with van der Waals surface area (Å²) in [5, 5.41) is 0. The Balaban J connectivity index is 2.11. The predicted octanol–water partition coefficient (Wildman–Crippen LogP) is 1.83. The van der Waals surface area contributed by atoms with Crippen LogP contribution in [0.1, 0.15) is 35.6 Å². The van der Waals surface area contributed by atoms with Crippen molar-refractivity contribution in [3.05, 3.63) is 67.9 Å². The van der Waals surface area contributed by atoms with Crippen LogP contribution >= 0.6 is 0 Å². The summed E-state index contributed by atoms with van der Waals surface area (Å²) < 4.78 is 16.0. The van der Waals surface area contributed by atoms with Gasteiger partial charge in [0, 0.05) is 17.7 Å². The Morgan fingerprint density at radius 1 is 1.36 bits per heavy atom. The van der Waals surface area contributed by atoms with Gasteiger partial charge in [-0.25, -0.2) is 9.18 Å². The maximum absolute atomic E-state index is 14.8. The van der Waals surface area contributed by atoms with Crippen molar-refractivity contribution in [2.75, 3.05) is 0 Å². The monoisotopic (exact) mass is 340 g/mol. The largest absolute Gasteiger partial charge is 0.333 e. The molecular weight excluding hydrogens is 323 g/mol. The standard InChI is InChI=1S/C18H17FN4O2/c1-9-14(13-4-2-3-11(7-20)21-13)12(19)8-23-16(9)15(10-5-6-10)17(24)22-18(23)25/h2-4,8,10H,5-7,20H2,1H3,(H,22,24,25). The first-order chi connectivity index (χ1) is 12.0. The molecule has 0 amide bonds. The number of aryl methyl sites for hydroxylation is 1. The number of H-pyrrole nitrogens is 1. The van der Waals surface area contributed by atoms with E-state index in [0.29, 0.717) is 33.6 Å². The van der Waals surface area contributed by atoms with Crippen molar-refractivity contribution >= 4 is 5.52 Å². The highest BCUT2D eigenvalue weighted by molar-refractivity contribution is 5.75. The quantitative estimate of drug-likeness (QED) is 0.761. The number of rotatable bonds is 3. The lowest BCUT2D eigenvalue weighted by Gasteiger charge is -2.14. The molecule has 1 fully saturated rings. The van der Waals surface area contributed by atoms with Gasteiger partial charge in [-0.2, -0.15) is 0 Å². The number of fused-ring (bicyclic) bond motifs is 1. The molecule has 3 heterocycles. The Hall–Kier alpha value is -2.80. The van der Waals surface area contributed by atoms with E-state index in [1.165, 1.54) is 4.40 Å². The minimum Gasteiger partial charge on any atom is -0.325 e. The van der Waals surface area contributed by atoms with Gasteiger partial charge < -0.3 is 5.73 Å². The molecule has 3 aromatic heterocycles. The second kappa shape index (κ2) is 5.63. The first-order valence-corrected chi connectivity index (χ1v) is 8.15. The van der Waals surface area contributed by atoms with Crippen LogP contribution < -0.4 is 17.0 Å². The van der Waals surface area contributed by atoms with Gasteiger partial charge in [0.1, 0.15) is 5.82 Å². The van der Waals surface area contributed by atoms with Crippen molar-refractivity contribution in [1.82, 2.24) is 14.4 Å². The van der Waals surface area contributed by atoms with E-state index >= 15 is 0 Å². The lowest BCUT2D eigenvalue weighted by atomic mass is 10.0. The molecule has 6 nitrogen and oxygen atoms in total. The molecule has 0 atom stereocenters. The summed E-state index contributed by atoms with van der Waals surface area (Å²) in [6, 6.07) is 5.23. The molecule has 1 aliphatic rings. The second-order valence-corrected chi connectivity index (χ2v) is 6.36. The molecule has 3 aromatic rings. The van der Waals surface area contributed by atoms with Gasteiger partial charge >= 0.3 is 5.69 Å². The number of aromatic amines is 1. The van der Waals surface area contributed by atoms with Crippen molar-refractivity contribution in [3.63, 3.8) is 0 Å². The molecule has 0 saturated heterocycles. The number of pyridine rings is 2. The highest BCUT2D eigenvalue weighted by Crippen LogP contribution is 2.41. The van der Waals surface area contributed by atoms with E-state index < -0.39 is 17.1 Å². The molecule has 3 N–H and O–H groups in total. The third-order valence-corrected chi connectivity index (χ3v) is 4.65. The van der Waals surface area contributed by atoms with Gasteiger partial charge in [0.15, 0.2) is 0 Å². The average Bonchev–Trinajstić information content (AvgIpc) is 3.41.